The number of amides is 1. The van der Waals surface area contributed by atoms with Gasteiger partial charge in [0.1, 0.15) is 12.4 Å². The molecule has 0 aromatic heterocycles. The van der Waals surface area contributed by atoms with Crippen molar-refractivity contribution in [2.75, 3.05) is 33.4 Å². The van der Waals surface area contributed by atoms with Crippen molar-refractivity contribution in [1.82, 2.24) is 10.6 Å². The largest absolute Gasteiger partial charge is 0.497 e. The third kappa shape index (κ3) is 14.0. The number of nitrogens with one attached hydrogen (secondary N) is 2. The summed E-state index contributed by atoms with van der Waals surface area (Å²) in [7, 11) is 1.68. The molecule has 1 aromatic carbocycles. The number of rotatable bonds is 19. The van der Waals surface area contributed by atoms with Gasteiger partial charge in [0.05, 0.1) is 13.7 Å². The van der Waals surface area contributed by atoms with Gasteiger partial charge in [0.2, 0.25) is 0 Å². The molecule has 1 unspecified atom stereocenters. The fourth-order valence-electron chi connectivity index (χ4n) is 3.66. The molecule has 1 atom stereocenters. The Hall–Kier alpha value is -1.79. The average molecular weight is 437 g/mol. The quantitative estimate of drug-likeness (QED) is 0.255. The number of carbonyl (C=O) groups excluding carboxylic acids is 1. The third-order valence-electron chi connectivity index (χ3n) is 5.47. The first-order valence-electron chi connectivity index (χ1n) is 12.1. The van der Waals surface area contributed by atoms with Crippen LogP contribution in [0, 0.1) is 0 Å². The molecule has 31 heavy (non-hydrogen) atoms. The number of alkyl carbamates (subject to hydrolysis) is 1. The van der Waals surface area contributed by atoms with Crippen LogP contribution in [0.25, 0.3) is 0 Å². The Balaban J connectivity index is 2.32. The number of aliphatic hydroxyl groups excluding tert-OH is 1. The molecule has 6 nitrogen and oxygen atoms in total. The molecule has 0 saturated carbocycles. The van der Waals surface area contributed by atoms with Gasteiger partial charge in [-0.15, -0.1) is 0 Å². The third-order valence-corrected chi connectivity index (χ3v) is 5.47. The minimum Gasteiger partial charge on any atom is -0.497 e. The molecular weight excluding hydrogens is 392 g/mol. The van der Waals surface area contributed by atoms with Gasteiger partial charge in [0.25, 0.3) is 0 Å². The number of carbonyl (C=O) groups is 1. The van der Waals surface area contributed by atoms with Gasteiger partial charge in [-0.2, -0.15) is 0 Å². The Morgan fingerprint density at radius 3 is 2.13 bits per heavy atom. The minimum atomic E-state index is -0.494. The second-order valence-corrected chi connectivity index (χ2v) is 8.04. The van der Waals surface area contributed by atoms with Crippen LogP contribution in [0.3, 0.4) is 0 Å². The van der Waals surface area contributed by atoms with Gasteiger partial charge in [-0.1, -0.05) is 83.3 Å². The smallest absolute Gasteiger partial charge is 0.407 e. The number of hydrogen-bond acceptors (Lipinski definition) is 5. The second-order valence-electron chi connectivity index (χ2n) is 8.04. The zero-order valence-corrected chi connectivity index (χ0v) is 19.7. The second kappa shape index (κ2) is 18.9. The van der Waals surface area contributed by atoms with Crippen LogP contribution >= 0.6 is 0 Å². The monoisotopic (exact) mass is 436 g/mol. The number of methoxy groups -OCH3 is 1. The Morgan fingerprint density at radius 1 is 0.935 bits per heavy atom. The highest BCUT2D eigenvalue weighted by Crippen LogP contribution is 2.23. The molecule has 0 aliphatic rings. The normalized spacial score (nSPS) is 11.8. The van der Waals surface area contributed by atoms with E-state index in [-0.39, 0.29) is 19.3 Å². The summed E-state index contributed by atoms with van der Waals surface area (Å²) in [6.07, 6.45) is 13.9. The van der Waals surface area contributed by atoms with Crippen molar-refractivity contribution in [3.63, 3.8) is 0 Å². The molecule has 0 radical (unpaired) electrons. The summed E-state index contributed by atoms with van der Waals surface area (Å²) in [6.45, 7) is 3.26. The molecule has 3 N–H and O–H groups in total. The van der Waals surface area contributed by atoms with E-state index in [9.17, 15) is 4.79 Å². The number of hydrogen-bond donors (Lipinski definition) is 3. The summed E-state index contributed by atoms with van der Waals surface area (Å²) in [5.74, 6) is 0.856. The van der Waals surface area contributed by atoms with Crippen LogP contribution in [0.15, 0.2) is 24.3 Å². The first-order valence-corrected chi connectivity index (χ1v) is 12.1. The summed E-state index contributed by atoms with van der Waals surface area (Å²) in [5, 5.41) is 14.9. The van der Waals surface area contributed by atoms with Crippen molar-refractivity contribution in [3.8, 4) is 5.75 Å². The summed E-state index contributed by atoms with van der Waals surface area (Å²) in [6, 6.07) is 8.45. The maximum Gasteiger partial charge on any atom is 0.407 e. The maximum absolute atomic E-state index is 11.5. The number of benzene rings is 1. The Kier molecular flexibility index (Phi) is 16.6. The first-order chi connectivity index (χ1) is 15.2. The van der Waals surface area contributed by atoms with E-state index in [0.717, 1.165) is 12.2 Å². The van der Waals surface area contributed by atoms with E-state index in [1.807, 2.05) is 12.1 Å². The highest BCUT2D eigenvalue weighted by molar-refractivity contribution is 5.67. The fraction of sp³-hybridized carbons (Fsp3) is 0.720. The SMILES string of the molecule is CCCCCCCCCCCCC(NCCNC(=O)OCCO)c1ccc(OC)cc1. The number of ether oxygens (including phenoxy) is 2. The zero-order chi connectivity index (χ0) is 22.6. The van der Waals surface area contributed by atoms with Crippen molar-refractivity contribution in [2.45, 2.75) is 83.6 Å². The van der Waals surface area contributed by atoms with Gasteiger partial charge in [-0.05, 0) is 24.1 Å². The molecule has 0 aliphatic heterocycles. The highest BCUT2D eigenvalue weighted by Gasteiger charge is 2.11. The molecule has 6 heteroatoms. The molecule has 1 aromatic rings. The summed E-state index contributed by atoms with van der Waals surface area (Å²) in [4.78, 5) is 11.5. The lowest BCUT2D eigenvalue weighted by Gasteiger charge is -2.20. The summed E-state index contributed by atoms with van der Waals surface area (Å²) >= 11 is 0. The molecule has 0 saturated heterocycles. The maximum atomic E-state index is 11.5. The molecule has 1 amide bonds. The van der Waals surface area contributed by atoms with Crippen molar-refractivity contribution in [1.29, 1.82) is 0 Å². The first kappa shape index (κ1) is 27.2. The minimum absolute atomic E-state index is 0.0203. The molecule has 178 valence electrons. The summed E-state index contributed by atoms with van der Waals surface area (Å²) in [5.41, 5.74) is 1.24. The van der Waals surface area contributed by atoms with E-state index in [0.29, 0.717) is 13.1 Å². The van der Waals surface area contributed by atoms with Crippen molar-refractivity contribution >= 4 is 6.09 Å². The van der Waals surface area contributed by atoms with E-state index in [2.05, 4.69) is 29.7 Å². The Morgan fingerprint density at radius 2 is 1.55 bits per heavy atom. The fourth-order valence-corrected chi connectivity index (χ4v) is 3.66. The van der Waals surface area contributed by atoms with E-state index in [4.69, 9.17) is 14.6 Å². The molecule has 0 aliphatic carbocycles. The van der Waals surface area contributed by atoms with E-state index in [1.54, 1.807) is 7.11 Å². The zero-order valence-electron chi connectivity index (χ0n) is 19.7. The van der Waals surface area contributed by atoms with E-state index in [1.165, 1.54) is 69.8 Å². The van der Waals surface area contributed by atoms with Crippen LogP contribution in [-0.4, -0.2) is 44.6 Å². The van der Waals surface area contributed by atoms with Crippen LogP contribution in [0.2, 0.25) is 0 Å². The van der Waals surface area contributed by atoms with Gasteiger partial charge in [-0.25, -0.2) is 4.79 Å². The topological polar surface area (TPSA) is 79.8 Å². The number of aliphatic hydroxyl groups is 1. The Labute approximate surface area is 189 Å². The predicted octanol–water partition coefficient (Wildman–Crippen LogP) is 5.36. The van der Waals surface area contributed by atoms with Crippen LogP contribution in [0.4, 0.5) is 4.79 Å². The van der Waals surface area contributed by atoms with Crippen molar-refractivity contribution < 1.29 is 19.4 Å². The predicted molar refractivity (Wildman–Crippen MR) is 127 cm³/mol. The standard InChI is InChI=1S/C25H44N2O4/c1-3-4-5-6-7-8-9-10-11-12-13-24(22-14-16-23(30-2)17-15-22)26-18-19-27-25(29)31-21-20-28/h14-17,24,26,28H,3-13,18-21H2,1-2H3,(H,27,29). The summed E-state index contributed by atoms with van der Waals surface area (Å²) < 4.78 is 10.1. The molecule has 1 rings (SSSR count). The van der Waals surface area contributed by atoms with Crippen LogP contribution < -0.4 is 15.4 Å². The molecule has 0 bridgehead atoms. The molecule has 0 fully saturated rings. The van der Waals surface area contributed by atoms with E-state index < -0.39 is 6.09 Å². The van der Waals surface area contributed by atoms with Gasteiger partial charge in [-0.3, -0.25) is 0 Å². The van der Waals surface area contributed by atoms with Crippen molar-refractivity contribution in [3.05, 3.63) is 29.8 Å². The van der Waals surface area contributed by atoms with Gasteiger partial charge in [0.15, 0.2) is 0 Å². The molecule has 0 spiro atoms. The van der Waals surface area contributed by atoms with Gasteiger partial charge >= 0.3 is 6.09 Å². The molecular formula is C25H44N2O4. The number of unbranched alkanes of at least 4 members (excludes halogenated alkanes) is 9. The Bertz CT molecular complexity index is 551. The lowest BCUT2D eigenvalue weighted by Crippen LogP contribution is -2.34. The van der Waals surface area contributed by atoms with Gasteiger partial charge in [0, 0.05) is 19.1 Å². The van der Waals surface area contributed by atoms with E-state index >= 15 is 0 Å². The van der Waals surface area contributed by atoms with Crippen molar-refractivity contribution in [2.24, 2.45) is 0 Å². The molecule has 0 heterocycles. The van der Waals surface area contributed by atoms with Crippen LogP contribution in [0.1, 0.15) is 89.2 Å². The lowest BCUT2D eigenvalue weighted by atomic mass is 9.99. The van der Waals surface area contributed by atoms with Crippen LogP contribution in [-0.2, 0) is 4.74 Å². The van der Waals surface area contributed by atoms with Gasteiger partial charge < -0.3 is 25.2 Å². The van der Waals surface area contributed by atoms with Crippen LogP contribution in [0.5, 0.6) is 5.75 Å². The highest BCUT2D eigenvalue weighted by atomic mass is 16.6. The lowest BCUT2D eigenvalue weighted by molar-refractivity contribution is 0.119. The average Bonchev–Trinajstić information content (AvgIpc) is 2.80.